The number of hydrogen-bond acceptors (Lipinski definition) is 2. The third kappa shape index (κ3) is 3.33. The summed E-state index contributed by atoms with van der Waals surface area (Å²) in [6, 6.07) is 5.61. The molecule has 0 spiro atoms. The van der Waals surface area contributed by atoms with Gasteiger partial charge in [-0.15, -0.1) is 0 Å². The second kappa shape index (κ2) is 6.72. The summed E-state index contributed by atoms with van der Waals surface area (Å²) in [4.78, 5) is 11.3. The Hall–Kier alpha value is -1.79. The number of nitrogens with one attached hydrogen (secondary N) is 1. The highest BCUT2D eigenvalue weighted by Gasteiger charge is 2.17. The van der Waals surface area contributed by atoms with Crippen LogP contribution in [0.25, 0.3) is 0 Å². The molecule has 0 fully saturated rings. The summed E-state index contributed by atoms with van der Waals surface area (Å²) in [5.41, 5.74) is 2.69. The Balaban J connectivity index is 0.000000686. The maximum Gasteiger partial charge on any atom is 0.251 e. The third-order valence-electron chi connectivity index (χ3n) is 2.24. The molecule has 0 radical (unpaired) electrons. The van der Waals surface area contributed by atoms with E-state index >= 15 is 0 Å². The van der Waals surface area contributed by atoms with Crippen molar-refractivity contribution in [1.82, 2.24) is 5.32 Å². The first kappa shape index (κ1) is 13.3. The van der Waals surface area contributed by atoms with Crippen molar-refractivity contribution < 1.29 is 9.53 Å². The molecule has 1 heterocycles. The first-order valence-electron chi connectivity index (χ1n) is 5.70. The molecule has 1 aromatic carbocycles. The van der Waals surface area contributed by atoms with E-state index in [4.69, 9.17) is 4.74 Å². The van der Waals surface area contributed by atoms with Crippen LogP contribution in [0.1, 0.15) is 35.3 Å². The Morgan fingerprint density at radius 1 is 1.41 bits per heavy atom. The van der Waals surface area contributed by atoms with Gasteiger partial charge < -0.3 is 10.1 Å². The van der Waals surface area contributed by atoms with Gasteiger partial charge in [0.15, 0.2) is 0 Å². The van der Waals surface area contributed by atoms with Gasteiger partial charge >= 0.3 is 0 Å². The number of fused-ring (bicyclic) bond motifs is 1. The van der Waals surface area contributed by atoms with E-state index < -0.39 is 0 Å². The second-order valence-corrected chi connectivity index (χ2v) is 3.29. The van der Waals surface area contributed by atoms with E-state index in [1.807, 2.05) is 32.0 Å². The predicted octanol–water partition coefficient (Wildman–Crippen LogP) is 1.95. The van der Waals surface area contributed by atoms with Crippen molar-refractivity contribution in [1.29, 1.82) is 0 Å². The molecule has 0 aromatic heterocycles. The van der Waals surface area contributed by atoms with Crippen LogP contribution in [0.3, 0.4) is 0 Å². The zero-order valence-electron chi connectivity index (χ0n) is 10.5. The Bertz CT molecular complexity index is 455. The molecule has 1 aliphatic heterocycles. The van der Waals surface area contributed by atoms with Crippen molar-refractivity contribution in [3.05, 3.63) is 34.9 Å². The van der Waals surface area contributed by atoms with Crippen LogP contribution in [0.15, 0.2) is 18.2 Å². The summed E-state index contributed by atoms with van der Waals surface area (Å²) in [6.07, 6.45) is 0. The highest BCUT2D eigenvalue weighted by atomic mass is 16.5. The summed E-state index contributed by atoms with van der Waals surface area (Å²) in [7, 11) is 1.61. The van der Waals surface area contributed by atoms with Crippen molar-refractivity contribution in [2.45, 2.75) is 20.4 Å². The van der Waals surface area contributed by atoms with Crippen LogP contribution in [-0.2, 0) is 11.3 Å². The smallest absolute Gasteiger partial charge is 0.251 e. The molecule has 90 valence electrons. The largest absolute Gasteiger partial charge is 0.372 e. The molecule has 2 rings (SSSR count). The fraction of sp³-hybridized carbons (Fsp3) is 0.357. The summed E-state index contributed by atoms with van der Waals surface area (Å²) < 4.78 is 4.83. The number of carbonyl (C=O) groups excluding carboxylic acids is 1. The normalized spacial score (nSPS) is 11.6. The molecule has 1 aliphatic rings. The molecule has 17 heavy (non-hydrogen) atoms. The lowest BCUT2D eigenvalue weighted by Crippen LogP contribution is -2.12. The molecule has 0 saturated carbocycles. The van der Waals surface area contributed by atoms with Crippen LogP contribution in [0.4, 0.5) is 0 Å². The number of ether oxygens (including phenoxy) is 1. The van der Waals surface area contributed by atoms with Gasteiger partial charge in [-0.2, -0.15) is 0 Å². The van der Waals surface area contributed by atoms with E-state index in [1.165, 1.54) is 0 Å². The molecular formula is C14H17NO2. The first-order valence-corrected chi connectivity index (χ1v) is 5.70. The molecule has 0 saturated heterocycles. The average Bonchev–Trinajstić information content (AvgIpc) is 2.74. The standard InChI is InChI=1S/C12H11NO2.C2H6/c1-15-6-2-3-9-4-5-11-10(7-9)8-13-12(11)14;1-2/h4-5,7H,6,8H2,1H3,(H,13,14);1-2H3. The molecular weight excluding hydrogens is 214 g/mol. The van der Waals surface area contributed by atoms with Gasteiger partial charge in [0.1, 0.15) is 6.61 Å². The summed E-state index contributed by atoms with van der Waals surface area (Å²) in [5.74, 6) is 5.85. The highest BCUT2D eigenvalue weighted by Crippen LogP contribution is 2.16. The SMILES string of the molecule is CC.COCC#Cc1ccc2c(c1)CNC2=O. The Morgan fingerprint density at radius 3 is 2.88 bits per heavy atom. The Kier molecular flexibility index (Phi) is 5.25. The molecule has 3 nitrogen and oxygen atoms in total. The van der Waals surface area contributed by atoms with Crippen LogP contribution < -0.4 is 5.32 Å². The molecule has 1 amide bonds. The van der Waals surface area contributed by atoms with Gasteiger partial charge in [0.2, 0.25) is 0 Å². The minimum absolute atomic E-state index is 0.00130. The van der Waals surface area contributed by atoms with Crippen molar-refractivity contribution in [3.8, 4) is 11.8 Å². The number of benzene rings is 1. The molecule has 1 aromatic rings. The second-order valence-electron chi connectivity index (χ2n) is 3.29. The zero-order chi connectivity index (χ0) is 12.7. The monoisotopic (exact) mass is 231 g/mol. The van der Waals surface area contributed by atoms with Gasteiger partial charge in [-0.25, -0.2) is 0 Å². The Labute approximate surface area is 102 Å². The highest BCUT2D eigenvalue weighted by molar-refractivity contribution is 5.98. The number of methoxy groups -OCH3 is 1. The van der Waals surface area contributed by atoms with Gasteiger partial charge in [0.05, 0.1) is 0 Å². The van der Waals surface area contributed by atoms with Gasteiger partial charge in [-0.1, -0.05) is 25.7 Å². The maximum atomic E-state index is 11.3. The van der Waals surface area contributed by atoms with Crippen molar-refractivity contribution in [2.75, 3.05) is 13.7 Å². The molecule has 0 atom stereocenters. The van der Waals surface area contributed by atoms with E-state index in [9.17, 15) is 4.79 Å². The Morgan fingerprint density at radius 2 is 2.18 bits per heavy atom. The van der Waals surface area contributed by atoms with Crippen LogP contribution in [-0.4, -0.2) is 19.6 Å². The number of amides is 1. The summed E-state index contributed by atoms with van der Waals surface area (Å²) >= 11 is 0. The minimum Gasteiger partial charge on any atom is -0.372 e. The van der Waals surface area contributed by atoms with E-state index in [1.54, 1.807) is 7.11 Å². The first-order chi connectivity index (χ1) is 8.31. The minimum atomic E-state index is 0.00130. The fourth-order valence-electron chi connectivity index (χ4n) is 1.52. The zero-order valence-corrected chi connectivity index (χ0v) is 10.5. The van der Waals surface area contributed by atoms with E-state index in [-0.39, 0.29) is 5.91 Å². The quantitative estimate of drug-likeness (QED) is 0.750. The molecule has 0 aliphatic carbocycles. The van der Waals surface area contributed by atoms with Gasteiger partial charge in [0, 0.05) is 24.8 Å². The lowest BCUT2D eigenvalue weighted by atomic mass is 10.1. The molecule has 3 heteroatoms. The summed E-state index contributed by atoms with van der Waals surface area (Å²) in [6.45, 7) is 5.03. The number of rotatable bonds is 1. The van der Waals surface area contributed by atoms with Gasteiger partial charge in [0.25, 0.3) is 5.91 Å². The van der Waals surface area contributed by atoms with Gasteiger partial charge in [-0.3, -0.25) is 4.79 Å². The number of hydrogen-bond donors (Lipinski definition) is 1. The van der Waals surface area contributed by atoms with E-state index in [0.717, 1.165) is 16.7 Å². The fourth-order valence-corrected chi connectivity index (χ4v) is 1.52. The van der Waals surface area contributed by atoms with Crippen LogP contribution in [0.2, 0.25) is 0 Å². The third-order valence-corrected chi connectivity index (χ3v) is 2.24. The van der Waals surface area contributed by atoms with Crippen LogP contribution in [0, 0.1) is 11.8 Å². The average molecular weight is 231 g/mol. The lowest BCUT2D eigenvalue weighted by molar-refractivity contribution is 0.0966. The summed E-state index contributed by atoms with van der Waals surface area (Å²) in [5, 5.41) is 2.77. The maximum absolute atomic E-state index is 11.3. The van der Waals surface area contributed by atoms with Crippen molar-refractivity contribution in [2.24, 2.45) is 0 Å². The van der Waals surface area contributed by atoms with E-state index in [2.05, 4.69) is 17.2 Å². The van der Waals surface area contributed by atoms with Gasteiger partial charge in [-0.05, 0) is 23.8 Å². The molecule has 0 bridgehead atoms. The van der Waals surface area contributed by atoms with Crippen LogP contribution in [0.5, 0.6) is 0 Å². The lowest BCUT2D eigenvalue weighted by Gasteiger charge is -1.95. The topological polar surface area (TPSA) is 38.3 Å². The molecule has 0 unspecified atom stereocenters. The van der Waals surface area contributed by atoms with E-state index in [0.29, 0.717) is 13.2 Å². The predicted molar refractivity (Wildman–Crippen MR) is 67.7 cm³/mol. The molecule has 1 N–H and O–H groups in total. The van der Waals surface area contributed by atoms with Crippen molar-refractivity contribution >= 4 is 5.91 Å². The van der Waals surface area contributed by atoms with Crippen LogP contribution >= 0.6 is 0 Å². The number of carbonyl (C=O) groups is 1. The van der Waals surface area contributed by atoms with Crippen molar-refractivity contribution in [3.63, 3.8) is 0 Å².